The van der Waals surface area contributed by atoms with Gasteiger partial charge >= 0.3 is 0 Å². The Labute approximate surface area is 159 Å². The molecule has 3 nitrogen and oxygen atoms in total. The summed E-state index contributed by atoms with van der Waals surface area (Å²) < 4.78 is 2.41. The Morgan fingerprint density at radius 2 is 1.38 bits per heavy atom. The van der Waals surface area contributed by atoms with E-state index in [-0.39, 0.29) is 5.28 Å². The highest BCUT2D eigenvalue weighted by Gasteiger charge is 2.14. The lowest BCUT2D eigenvalue weighted by Gasteiger charge is -2.05. The average molecular weight is 374 g/mol. The van der Waals surface area contributed by atoms with Crippen LogP contribution in [0.5, 0.6) is 0 Å². The van der Waals surface area contributed by atoms with Crippen LogP contribution < -0.4 is 0 Å². The Morgan fingerprint density at radius 3 is 2.27 bits per heavy atom. The Hall–Kier alpha value is -2.82. The van der Waals surface area contributed by atoms with Crippen LogP contribution in [-0.2, 0) is 0 Å². The van der Waals surface area contributed by atoms with Crippen LogP contribution in [0.15, 0.2) is 72.8 Å². The monoisotopic (exact) mass is 373 g/mol. The van der Waals surface area contributed by atoms with E-state index < -0.39 is 0 Å². The largest absolute Gasteiger partial charge is 0.226 e. The van der Waals surface area contributed by atoms with Gasteiger partial charge in [-0.1, -0.05) is 60.7 Å². The molecule has 124 valence electrons. The van der Waals surface area contributed by atoms with E-state index in [1.165, 1.54) is 15.5 Å². The highest BCUT2D eigenvalue weighted by molar-refractivity contribution is 7.26. The fourth-order valence-corrected chi connectivity index (χ4v) is 4.48. The molecule has 0 atom stereocenters. The molecule has 0 saturated heterocycles. The van der Waals surface area contributed by atoms with Gasteiger partial charge in [-0.3, -0.25) is 0 Å². The number of hydrogen-bond donors (Lipinski definition) is 0. The summed E-state index contributed by atoms with van der Waals surface area (Å²) in [4.78, 5) is 13.4. The van der Waals surface area contributed by atoms with Crippen molar-refractivity contribution in [2.45, 2.75) is 0 Å². The van der Waals surface area contributed by atoms with E-state index in [0.717, 1.165) is 15.8 Å². The first kappa shape index (κ1) is 15.4. The number of benzene rings is 3. The van der Waals surface area contributed by atoms with Crippen LogP contribution in [0.2, 0.25) is 5.28 Å². The Balaban J connectivity index is 1.77. The van der Waals surface area contributed by atoms with Gasteiger partial charge in [-0.15, -0.1) is 11.3 Å². The zero-order valence-corrected chi connectivity index (χ0v) is 15.1. The second-order valence-corrected chi connectivity index (χ2v) is 7.29. The Bertz CT molecular complexity index is 1250. The van der Waals surface area contributed by atoms with Gasteiger partial charge in [0.15, 0.2) is 11.6 Å². The van der Waals surface area contributed by atoms with Crippen LogP contribution in [0, 0.1) is 0 Å². The van der Waals surface area contributed by atoms with Crippen molar-refractivity contribution < 1.29 is 0 Å². The molecule has 26 heavy (non-hydrogen) atoms. The SMILES string of the molecule is Clc1nc(-c2ccccc2)nc(-c2cccc3c2sc2ccccc23)n1. The minimum absolute atomic E-state index is 0.201. The maximum absolute atomic E-state index is 6.22. The third-order valence-corrected chi connectivity index (χ3v) is 5.67. The zero-order chi connectivity index (χ0) is 17.5. The molecule has 2 heterocycles. The van der Waals surface area contributed by atoms with Gasteiger partial charge in [-0.2, -0.15) is 9.97 Å². The van der Waals surface area contributed by atoms with Crippen molar-refractivity contribution in [3.8, 4) is 22.8 Å². The van der Waals surface area contributed by atoms with Crippen molar-refractivity contribution in [1.29, 1.82) is 0 Å². The molecule has 0 N–H and O–H groups in total. The summed E-state index contributed by atoms with van der Waals surface area (Å²) in [5.74, 6) is 1.18. The molecule has 5 aromatic rings. The topological polar surface area (TPSA) is 38.7 Å². The first-order valence-corrected chi connectivity index (χ1v) is 9.37. The lowest BCUT2D eigenvalue weighted by molar-refractivity contribution is 1.07. The van der Waals surface area contributed by atoms with Gasteiger partial charge in [0, 0.05) is 31.3 Å². The van der Waals surface area contributed by atoms with E-state index in [4.69, 9.17) is 16.6 Å². The minimum atomic E-state index is 0.201. The van der Waals surface area contributed by atoms with Gasteiger partial charge in [0.2, 0.25) is 5.28 Å². The minimum Gasteiger partial charge on any atom is -0.208 e. The highest BCUT2D eigenvalue weighted by Crippen LogP contribution is 2.39. The van der Waals surface area contributed by atoms with Crippen molar-refractivity contribution in [3.63, 3.8) is 0 Å². The number of nitrogens with zero attached hydrogens (tertiary/aromatic N) is 3. The molecule has 0 bridgehead atoms. The van der Waals surface area contributed by atoms with Crippen LogP contribution in [0.4, 0.5) is 0 Å². The summed E-state index contributed by atoms with van der Waals surface area (Å²) >= 11 is 7.97. The van der Waals surface area contributed by atoms with Crippen LogP contribution in [-0.4, -0.2) is 15.0 Å². The molecule has 5 rings (SSSR count). The third-order valence-electron chi connectivity index (χ3n) is 4.29. The van der Waals surface area contributed by atoms with Crippen molar-refractivity contribution in [2.75, 3.05) is 0 Å². The number of thiophene rings is 1. The number of fused-ring (bicyclic) bond motifs is 3. The van der Waals surface area contributed by atoms with Crippen molar-refractivity contribution in [1.82, 2.24) is 15.0 Å². The second kappa shape index (κ2) is 6.16. The van der Waals surface area contributed by atoms with Gasteiger partial charge < -0.3 is 0 Å². The quantitative estimate of drug-likeness (QED) is 0.368. The van der Waals surface area contributed by atoms with Gasteiger partial charge in [0.1, 0.15) is 0 Å². The molecular weight excluding hydrogens is 362 g/mol. The van der Waals surface area contributed by atoms with E-state index >= 15 is 0 Å². The van der Waals surface area contributed by atoms with E-state index in [1.807, 2.05) is 42.5 Å². The molecule has 0 aliphatic heterocycles. The first-order chi connectivity index (χ1) is 12.8. The molecule has 0 fully saturated rings. The molecule has 0 radical (unpaired) electrons. The lowest BCUT2D eigenvalue weighted by atomic mass is 10.1. The predicted octanol–water partition coefficient (Wildman–Crippen LogP) is 6.23. The molecule has 0 spiro atoms. The number of halogens is 1. The van der Waals surface area contributed by atoms with Gasteiger partial charge in [-0.25, -0.2) is 4.98 Å². The summed E-state index contributed by atoms with van der Waals surface area (Å²) in [6.45, 7) is 0. The van der Waals surface area contributed by atoms with Crippen molar-refractivity contribution >= 4 is 43.1 Å². The summed E-state index contributed by atoms with van der Waals surface area (Å²) in [6, 6.07) is 24.4. The molecule has 0 saturated carbocycles. The average Bonchev–Trinajstić information content (AvgIpc) is 3.07. The fraction of sp³-hybridized carbons (Fsp3) is 0. The first-order valence-electron chi connectivity index (χ1n) is 8.17. The predicted molar refractivity (Wildman–Crippen MR) is 109 cm³/mol. The van der Waals surface area contributed by atoms with E-state index in [0.29, 0.717) is 11.6 Å². The normalized spacial score (nSPS) is 11.3. The van der Waals surface area contributed by atoms with E-state index in [9.17, 15) is 0 Å². The molecule has 2 aromatic heterocycles. The van der Waals surface area contributed by atoms with E-state index in [2.05, 4.69) is 40.3 Å². The maximum atomic E-state index is 6.22. The standard InChI is InChI=1S/C21H12ClN3S/c22-21-24-19(13-7-2-1-3-8-13)23-20(25-21)16-11-6-10-15-14-9-4-5-12-17(14)26-18(15)16/h1-12H. The van der Waals surface area contributed by atoms with Gasteiger partial charge in [0.05, 0.1) is 0 Å². The fourth-order valence-electron chi connectivity index (χ4n) is 3.11. The van der Waals surface area contributed by atoms with Crippen LogP contribution in [0.25, 0.3) is 42.9 Å². The zero-order valence-electron chi connectivity index (χ0n) is 13.6. The molecule has 0 unspecified atom stereocenters. The molecular formula is C21H12ClN3S. The highest BCUT2D eigenvalue weighted by atomic mass is 35.5. The number of rotatable bonds is 2. The third kappa shape index (κ3) is 2.55. The summed E-state index contributed by atoms with van der Waals surface area (Å²) in [5.41, 5.74) is 1.90. The van der Waals surface area contributed by atoms with Crippen molar-refractivity contribution in [2.24, 2.45) is 0 Å². The number of hydrogen-bond acceptors (Lipinski definition) is 4. The van der Waals surface area contributed by atoms with Crippen LogP contribution >= 0.6 is 22.9 Å². The molecule has 5 heteroatoms. The molecule has 0 aliphatic rings. The summed E-state index contributed by atoms with van der Waals surface area (Å²) in [5, 5.41) is 2.66. The molecule has 3 aromatic carbocycles. The van der Waals surface area contributed by atoms with Crippen molar-refractivity contribution in [3.05, 3.63) is 78.1 Å². The van der Waals surface area contributed by atoms with Gasteiger partial charge in [0.25, 0.3) is 0 Å². The second-order valence-electron chi connectivity index (χ2n) is 5.90. The van der Waals surface area contributed by atoms with E-state index in [1.54, 1.807) is 11.3 Å². The smallest absolute Gasteiger partial charge is 0.208 e. The Kier molecular flexibility index (Phi) is 3.66. The maximum Gasteiger partial charge on any atom is 0.226 e. The molecule has 0 amide bonds. The summed E-state index contributed by atoms with van der Waals surface area (Å²) in [6.07, 6.45) is 0. The van der Waals surface area contributed by atoms with Crippen LogP contribution in [0.3, 0.4) is 0 Å². The lowest BCUT2D eigenvalue weighted by Crippen LogP contribution is -1.97. The molecule has 0 aliphatic carbocycles. The summed E-state index contributed by atoms with van der Waals surface area (Å²) in [7, 11) is 0. The number of aromatic nitrogens is 3. The Morgan fingerprint density at radius 1 is 0.654 bits per heavy atom. The van der Waals surface area contributed by atoms with Gasteiger partial charge in [-0.05, 0) is 23.7 Å². The van der Waals surface area contributed by atoms with Crippen LogP contribution in [0.1, 0.15) is 0 Å².